The van der Waals surface area contributed by atoms with Crippen molar-refractivity contribution in [3.63, 3.8) is 0 Å². The van der Waals surface area contributed by atoms with Gasteiger partial charge in [-0.2, -0.15) is 17.0 Å². The summed E-state index contributed by atoms with van der Waals surface area (Å²) in [5.74, 6) is -0.401. The van der Waals surface area contributed by atoms with Crippen LogP contribution in [-0.4, -0.2) is 58.5 Å². The van der Waals surface area contributed by atoms with Crippen molar-refractivity contribution in [2.24, 2.45) is 0 Å². The highest BCUT2D eigenvalue weighted by Gasteiger charge is 2.30. The Morgan fingerprint density at radius 1 is 1.21 bits per heavy atom. The van der Waals surface area contributed by atoms with Crippen molar-refractivity contribution in [2.45, 2.75) is 13.0 Å². The van der Waals surface area contributed by atoms with Crippen LogP contribution in [0.2, 0.25) is 0 Å². The maximum atomic E-state index is 12.5. The molecule has 0 bridgehead atoms. The van der Waals surface area contributed by atoms with E-state index in [2.05, 4.69) is 20.3 Å². The quantitative estimate of drug-likeness (QED) is 0.688. The molecular weight excluding hydrogens is 400 g/mol. The zero-order valence-corrected chi connectivity index (χ0v) is 16.9. The fraction of sp³-hybridized carbons (Fsp3) is 0.294. The summed E-state index contributed by atoms with van der Waals surface area (Å²) in [5, 5.41) is 3.17. The molecule has 3 heterocycles. The van der Waals surface area contributed by atoms with Gasteiger partial charge in [-0.3, -0.25) is 15.1 Å². The van der Waals surface area contributed by atoms with E-state index in [4.69, 9.17) is 0 Å². The van der Waals surface area contributed by atoms with Gasteiger partial charge in [-0.25, -0.2) is 9.97 Å². The third kappa shape index (κ3) is 3.49. The van der Waals surface area contributed by atoms with E-state index >= 15 is 0 Å². The van der Waals surface area contributed by atoms with Crippen molar-refractivity contribution in [1.82, 2.24) is 23.6 Å². The summed E-state index contributed by atoms with van der Waals surface area (Å²) < 4.78 is 27.3. The number of hydrogen-bond donors (Lipinski definition) is 1. The van der Waals surface area contributed by atoms with Crippen molar-refractivity contribution < 1.29 is 13.2 Å². The Bertz CT molecular complexity index is 1160. The average molecular weight is 419 g/mol. The van der Waals surface area contributed by atoms with Gasteiger partial charge in [0.1, 0.15) is 5.69 Å². The van der Waals surface area contributed by atoms with Gasteiger partial charge in [-0.15, -0.1) is 11.3 Å². The van der Waals surface area contributed by atoms with Gasteiger partial charge in [0.05, 0.1) is 29.5 Å². The minimum absolute atomic E-state index is 0.198. The van der Waals surface area contributed by atoms with Gasteiger partial charge < -0.3 is 0 Å². The van der Waals surface area contributed by atoms with Gasteiger partial charge in [-0.1, -0.05) is 12.1 Å². The molecule has 0 radical (unpaired) electrons. The van der Waals surface area contributed by atoms with Crippen LogP contribution < -0.4 is 5.32 Å². The van der Waals surface area contributed by atoms with Gasteiger partial charge >= 0.3 is 0 Å². The standard InChI is InChI=1S/C17H18N6O3S2/c1-22(2)28(25,26)23-8-7-13-15(10-23)27-17(20-13)21-16(24)14-9-18-11-5-3-4-6-12(11)19-14/h3-6,9H,7-8,10H2,1-2H3,(H,20,21,24). The number of carbonyl (C=O) groups excluding carboxylic acids is 1. The Morgan fingerprint density at radius 3 is 2.71 bits per heavy atom. The fourth-order valence-corrected chi connectivity index (χ4v) is 5.06. The molecule has 1 N–H and O–H groups in total. The summed E-state index contributed by atoms with van der Waals surface area (Å²) in [6.45, 7) is 0.611. The van der Waals surface area contributed by atoms with Crippen molar-refractivity contribution >= 4 is 43.6 Å². The van der Waals surface area contributed by atoms with Crippen molar-refractivity contribution in [2.75, 3.05) is 26.0 Å². The smallest absolute Gasteiger partial charge is 0.281 e. The number of nitrogens with zero attached hydrogens (tertiary/aromatic N) is 5. The topological polar surface area (TPSA) is 108 Å². The second-order valence-electron chi connectivity index (χ2n) is 6.46. The number of hydrogen-bond acceptors (Lipinski definition) is 7. The first-order chi connectivity index (χ1) is 13.3. The maximum absolute atomic E-state index is 12.5. The number of aromatic nitrogens is 3. The van der Waals surface area contributed by atoms with E-state index in [1.807, 2.05) is 18.2 Å². The van der Waals surface area contributed by atoms with E-state index in [9.17, 15) is 13.2 Å². The molecule has 4 rings (SSSR count). The molecule has 28 heavy (non-hydrogen) atoms. The van der Waals surface area contributed by atoms with Crippen molar-refractivity contribution in [1.29, 1.82) is 0 Å². The molecule has 1 amide bonds. The molecule has 146 valence electrons. The van der Waals surface area contributed by atoms with Crippen LogP contribution in [-0.2, 0) is 23.2 Å². The Balaban J connectivity index is 1.52. The Labute approximate surface area is 166 Å². The summed E-state index contributed by atoms with van der Waals surface area (Å²) in [5.41, 5.74) is 2.36. The minimum Gasteiger partial charge on any atom is -0.296 e. The van der Waals surface area contributed by atoms with E-state index in [0.29, 0.717) is 29.1 Å². The lowest BCUT2D eigenvalue weighted by atomic mass is 10.2. The number of thiazole rings is 1. The molecule has 0 saturated carbocycles. The SMILES string of the molecule is CN(C)S(=O)(=O)N1CCc2nc(NC(=O)c3cnc4ccccc4n3)sc2C1. The number of amides is 1. The summed E-state index contributed by atoms with van der Waals surface area (Å²) in [7, 11) is -0.465. The van der Waals surface area contributed by atoms with Crippen LogP contribution in [0, 0.1) is 0 Å². The van der Waals surface area contributed by atoms with Crippen LogP contribution >= 0.6 is 11.3 Å². The fourth-order valence-electron chi connectivity index (χ4n) is 2.88. The number of carbonyl (C=O) groups is 1. The van der Waals surface area contributed by atoms with Crippen molar-refractivity contribution in [3.05, 3.63) is 46.7 Å². The predicted octanol–water partition coefficient (Wildman–Crippen LogP) is 1.50. The van der Waals surface area contributed by atoms with E-state index in [0.717, 1.165) is 10.6 Å². The van der Waals surface area contributed by atoms with Gasteiger partial charge in [0, 0.05) is 31.9 Å². The largest absolute Gasteiger partial charge is 0.296 e. The second kappa shape index (κ2) is 7.17. The second-order valence-corrected chi connectivity index (χ2v) is 9.69. The minimum atomic E-state index is -3.48. The molecule has 0 atom stereocenters. The molecule has 1 aromatic carbocycles. The highest BCUT2D eigenvalue weighted by atomic mass is 32.2. The lowest BCUT2D eigenvalue weighted by Crippen LogP contribution is -2.42. The summed E-state index contributed by atoms with van der Waals surface area (Å²) >= 11 is 1.28. The van der Waals surface area contributed by atoms with Crippen LogP contribution in [0.15, 0.2) is 30.5 Å². The zero-order valence-electron chi connectivity index (χ0n) is 15.3. The molecule has 0 saturated heterocycles. The molecule has 1 aliphatic heterocycles. The van der Waals surface area contributed by atoms with Crippen LogP contribution in [0.5, 0.6) is 0 Å². The lowest BCUT2D eigenvalue weighted by Gasteiger charge is -2.27. The van der Waals surface area contributed by atoms with Crippen LogP contribution in [0.1, 0.15) is 21.1 Å². The molecule has 0 spiro atoms. The molecule has 1 aliphatic rings. The molecule has 9 nitrogen and oxygen atoms in total. The lowest BCUT2D eigenvalue weighted by molar-refractivity contribution is 0.102. The first kappa shape index (κ1) is 18.9. The van der Waals surface area contributed by atoms with Crippen molar-refractivity contribution in [3.8, 4) is 0 Å². The van der Waals surface area contributed by atoms with Crippen LogP contribution in [0.25, 0.3) is 11.0 Å². The highest BCUT2D eigenvalue weighted by Crippen LogP contribution is 2.30. The zero-order chi connectivity index (χ0) is 19.9. The number of anilines is 1. The van der Waals surface area contributed by atoms with E-state index in [1.165, 1.54) is 40.2 Å². The van der Waals surface area contributed by atoms with Crippen LogP contribution in [0.3, 0.4) is 0 Å². The van der Waals surface area contributed by atoms with E-state index < -0.39 is 16.1 Å². The van der Waals surface area contributed by atoms with Gasteiger partial charge in [0.25, 0.3) is 16.1 Å². The Morgan fingerprint density at radius 2 is 1.96 bits per heavy atom. The Hall–Kier alpha value is -2.47. The van der Waals surface area contributed by atoms with Gasteiger partial charge in [0.2, 0.25) is 0 Å². The van der Waals surface area contributed by atoms with Gasteiger partial charge in [-0.05, 0) is 12.1 Å². The van der Waals surface area contributed by atoms with E-state index in [1.54, 1.807) is 6.07 Å². The van der Waals surface area contributed by atoms with Crippen LogP contribution in [0.4, 0.5) is 5.13 Å². The molecule has 0 aliphatic carbocycles. The molecule has 0 fully saturated rings. The van der Waals surface area contributed by atoms with Gasteiger partial charge in [0.15, 0.2) is 5.13 Å². The third-order valence-electron chi connectivity index (χ3n) is 4.39. The summed E-state index contributed by atoms with van der Waals surface area (Å²) in [6, 6.07) is 7.31. The molecule has 0 unspecified atom stereocenters. The average Bonchev–Trinajstić information content (AvgIpc) is 3.08. The van der Waals surface area contributed by atoms with E-state index in [-0.39, 0.29) is 12.2 Å². The Kier molecular flexibility index (Phi) is 4.83. The third-order valence-corrected chi connectivity index (χ3v) is 7.27. The molecule has 2 aromatic heterocycles. The normalized spacial score (nSPS) is 15.0. The maximum Gasteiger partial charge on any atom is 0.281 e. The number of fused-ring (bicyclic) bond motifs is 2. The number of nitrogens with one attached hydrogen (secondary N) is 1. The molecular formula is C17H18N6O3S2. The monoisotopic (exact) mass is 418 g/mol. The first-order valence-corrected chi connectivity index (χ1v) is 10.8. The number of para-hydroxylation sites is 2. The summed E-state index contributed by atoms with van der Waals surface area (Å²) in [6.07, 6.45) is 1.93. The number of rotatable bonds is 4. The summed E-state index contributed by atoms with van der Waals surface area (Å²) in [4.78, 5) is 26.4. The highest BCUT2D eigenvalue weighted by molar-refractivity contribution is 7.86. The first-order valence-electron chi connectivity index (χ1n) is 8.54. The number of benzene rings is 1. The molecule has 3 aromatic rings. The molecule has 11 heteroatoms. The predicted molar refractivity (Wildman–Crippen MR) is 106 cm³/mol.